The summed E-state index contributed by atoms with van der Waals surface area (Å²) in [5, 5.41) is 0.928. The van der Waals surface area contributed by atoms with E-state index < -0.39 is 0 Å². The molecule has 0 spiro atoms. The van der Waals surface area contributed by atoms with Gasteiger partial charge in [0.1, 0.15) is 6.33 Å². The predicted molar refractivity (Wildman–Crippen MR) is 67.2 cm³/mol. The normalized spacial score (nSPS) is 14.6. The van der Waals surface area contributed by atoms with Crippen molar-refractivity contribution in [3.8, 4) is 0 Å². The average Bonchev–Trinajstić information content (AvgIpc) is 2.39. The summed E-state index contributed by atoms with van der Waals surface area (Å²) < 4.78 is 0. The molecule has 3 rings (SSSR count). The number of rotatable bonds is 1. The van der Waals surface area contributed by atoms with Crippen LogP contribution in [0.25, 0.3) is 11.0 Å². The van der Waals surface area contributed by atoms with Gasteiger partial charge in [-0.05, 0) is 23.8 Å². The summed E-state index contributed by atoms with van der Waals surface area (Å²) in [5.41, 5.74) is 2.69. The van der Waals surface area contributed by atoms with Gasteiger partial charge in [0, 0.05) is 24.8 Å². The fourth-order valence-corrected chi connectivity index (χ4v) is 1.72. The van der Waals surface area contributed by atoms with Crippen LogP contribution in [0.4, 0.5) is 5.69 Å². The Morgan fingerprint density at radius 1 is 1.12 bits per heavy atom. The number of aromatic nitrogens is 3. The Morgan fingerprint density at radius 3 is 2.76 bits per heavy atom. The molecule has 0 fully saturated rings. The molecule has 0 N–H and O–H groups in total. The van der Waals surface area contributed by atoms with E-state index in [9.17, 15) is 0 Å². The van der Waals surface area contributed by atoms with Crippen LogP contribution in [0.15, 0.2) is 61.5 Å². The second-order valence-electron chi connectivity index (χ2n) is 3.70. The predicted octanol–water partition coefficient (Wildman–Crippen LogP) is 2.43. The van der Waals surface area contributed by atoms with E-state index in [1.54, 1.807) is 12.4 Å². The Bertz CT molecular complexity index is 621. The van der Waals surface area contributed by atoms with Crippen molar-refractivity contribution in [1.29, 1.82) is 0 Å². The second kappa shape index (κ2) is 3.83. The van der Waals surface area contributed by atoms with Gasteiger partial charge in [-0.1, -0.05) is 6.58 Å². The number of allylic oxidation sites excluding steroid dienone is 3. The van der Waals surface area contributed by atoms with Crippen LogP contribution in [0, 0.1) is 0 Å². The zero-order chi connectivity index (χ0) is 11.7. The summed E-state index contributed by atoms with van der Waals surface area (Å²) >= 11 is 0. The van der Waals surface area contributed by atoms with E-state index in [1.165, 1.54) is 6.33 Å². The maximum absolute atomic E-state index is 4.21. The molecule has 82 valence electrons. The quantitative estimate of drug-likeness (QED) is 0.743. The Labute approximate surface area is 98.6 Å². The van der Waals surface area contributed by atoms with Crippen LogP contribution >= 0.6 is 0 Å². The van der Waals surface area contributed by atoms with Gasteiger partial charge in [0.05, 0.1) is 11.1 Å². The molecule has 2 aromatic heterocycles. The highest BCUT2D eigenvalue weighted by Gasteiger charge is 2.08. The number of hydrogen-bond acceptors (Lipinski definition) is 4. The van der Waals surface area contributed by atoms with E-state index in [2.05, 4.69) is 21.5 Å². The van der Waals surface area contributed by atoms with Crippen molar-refractivity contribution in [2.75, 3.05) is 4.90 Å². The number of fused-ring (bicyclic) bond motifs is 1. The summed E-state index contributed by atoms with van der Waals surface area (Å²) in [6.45, 7) is 3.87. The first-order valence-corrected chi connectivity index (χ1v) is 5.23. The summed E-state index contributed by atoms with van der Waals surface area (Å²) in [6, 6.07) is 1.94. The molecule has 4 nitrogen and oxygen atoms in total. The van der Waals surface area contributed by atoms with Crippen molar-refractivity contribution in [2.24, 2.45) is 0 Å². The van der Waals surface area contributed by atoms with Gasteiger partial charge in [-0.25, -0.2) is 15.0 Å². The molecule has 3 heterocycles. The van der Waals surface area contributed by atoms with Gasteiger partial charge in [-0.2, -0.15) is 0 Å². The minimum absolute atomic E-state index is 0.698. The highest BCUT2D eigenvalue weighted by Crippen LogP contribution is 2.25. The summed E-state index contributed by atoms with van der Waals surface area (Å²) in [7, 11) is 0. The van der Waals surface area contributed by atoms with E-state index in [0.29, 0.717) is 5.65 Å². The highest BCUT2D eigenvalue weighted by atomic mass is 15.1. The Balaban J connectivity index is 2.15. The number of pyridine rings is 1. The Kier molecular flexibility index (Phi) is 2.19. The summed E-state index contributed by atoms with van der Waals surface area (Å²) in [4.78, 5) is 14.4. The molecule has 0 radical (unpaired) electrons. The highest BCUT2D eigenvalue weighted by molar-refractivity contribution is 5.89. The van der Waals surface area contributed by atoms with E-state index in [4.69, 9.17) is 0 Å². The molecule has 0 saturated carbocycles. The molecule has 0 amide bonds. The van der Waals surface area contributed by atoms with Crippen molar-refractivity contribution in [1.82, 2.24) is 15.0 Å². The fraction of sp³-hybridized carbons (Fsp3) is 0. The van der Waals surface area contributed by atoms with Crippen molar-refractivity contribution >= 4 is 16.7 Å². The Hall–Kier alpha value is -2.49. The molecule has 17 heavy (non-hydrogen) atoms. The van der Waals surface area contributed by atoms with E-state index in [-0.39, 0.29) is 0 Å². The number of nitrogens with zero attached hydrogens (tertiary/aromatic N) is 4. The van der Waals surface area contributed by atoms with Crippen LogP contribution in [-0.2, 0) is 0 Å². The van der Waals surface area contributed by atoms with Crippen LogP contribution in [-0.4, -0.2) is 15.0 Å². The molecule has 1 aliphatic heterocycles. The zero-order valence-corrected chi connectivity index (χ0v) is 9.11. The van der Waals surface area contributed by atoms with Gasteiger partial charge in [-0.15, -0.1) is 0 Å². The monoisotopic (exact) mass is 222 g/mol. The first-order valence-electron chi connectivity index (χ1n) is 5.23. The molecule has 0 aromatic carbocycles. The van der Waals surface area contributed by atoms with E-state index in [1.807, 2.05) is 35.5 Å². The summed E-state index contributed by atoms with van der Waals surface area (Å²) in [5.74, 6) is 0. The van der Waals surface area contributed by atoms with Gasteiger partial charge in [0.25, 0.3) is 0 Å². The van der Waals surface area contributed by atoms with E-state index in [0.717, 1.165) is 16.6 Å². The molecular formula is C13H10N4. The SMILES string of the molecule is C=C1C=CN(c2ccnc3ncncc23)C=C1. The van der Waals surface area contributed by atoms with Crippen molar-refractivity contribution in [2.45, 2.75) is 0 Å². The van der Waals surface area contributed by atoms with Crippen molar-refractivity contribution < 1.29 is 0 Å². The van der Waals surface area contributed by atoms with Gasteiger partial charge < -0.3 is 4.90 Å². The topological polar surface area (TPSA) is 41.9 Å². The largest absolute Gasteiger partial charge is 0.323 e. The summed E-state index contributed by atoms with van der Waals surface area (Å²) in [6.07, 6.45) is 12.9. The van der Waals surface area contributed by atoms with Crippen LogP contribution in [0.2, 0.25) is 0 Å². The molecule has 0 bridgehead atoms. The van der Waals surface area contributed by atoms with Crippen LogP contribution in [0.3, 0.4) is 0 Å². The van der Waals surface area contributed by atoms with Crippen LogP contribution in [0.5, 0.6) is 0 Å². The molecule has 0 unspecified atom stereocenters. The minimum atomic E-state index is 0.698. The molecule has 0 saturated heterocycles. The molecule has 0 aliphatic carbocycles. The Morgan fingerprint density at radius 2 is 1.94 bits per heavy atom. The standard InChI is InChI=1S/C13H10N4/c1-10-3-6-17(7-4-10)12-2-5-15-13-11(12)8-14-9-16-13/h2-9H,1H2. The van der Waals surface area contributed by atoms with Crippen LogP contribution in [0.1, 0.15) is 0 Å². The van der Waals surface area contributed by atoms with Gasteiger partial charge >= 0.3 is 0 Å². The second-order valence-corrected chi connectivity index (χ2v) is 3.70. The third kappa shape index (κ3) is 1.69. The first kappa shape index (κ1) is 9.72. The number of anilines is 1. The molecule has 0 atom stereocenters. The number of hydrogen-bond donors (Lipinski definition) is 0. The van der Waals surface area contributed by atoms with Crippen molar-refractivity contribution in [3.63, 3.8) is 0 Å². The lowest BCUT2D eigenvalue weighted by Gasteiger charge is -2.19. The lowest BCUT2D eigenvalue weighted by molar-refractivity contribution is 1.17. The fourth-order valence-electron chi connectivity index (χ4n) is 1.72. The van der Waals surface area contributed by atoms with Crippen molar-refractivity contribution in [3.05, 3.63) is 61.5 Å². The van der Waals surface area contributed by atoms with Crippen LogP contribution < -0.4 is 4.90 Å². The minimum Gasteiger partial charge on any atom is -0.323 e. The lowest BCUT2D eigenvalue weighted by Crippen LogP contribution is -2.10. The molecule has 1 aliphatic rings. The third-order valence-electron chi connectivity index (χ3n) is 2.57. The molecular weight excluding hydrogens is 212 g/mol. The molecule has 2 aromatic rings. The maximum atomic E-state index is 4.21. The third-order valence-corrected chi connectivity index (χ3v) is 2.57. The van der Waals surface area contributed by atoms with Gasteiger partial charge in [0.15, 0.2) is 5.65 Å². The average molecular weight is 222 g/mol. The lowest BCUT2D eigenvalue weighted by atomic mass is 10.2. The van der Waals surface area contributed by atoms with E-state index >= 15 is 0 Å². The zero-order valence-electron chi connectivity index (χ0n) is 9.11. The van der Waals surface area contributed by atoms with Gasteiger partial charge in [0.2, 0.25) is 0 Å². The van der Waals surface area contributed by atoms with Gasteiger partial charge in [-0.3, -0.25) is 0 Å². The molecule has 4 heteroatoms. The smallest absolute Gasteiger partial charge is 0.164 e. The maximum Gasteiger partial charge on any atom is 0.164 e. The first-order chi connectivity index (χ1) is 8.34.